The normalized spacial score (nSPS) is 10.4. The van der Waals surface area contributed by atoms with E-state index in [1.54, 1.807) is 0 Å². The van der Waals surface area contributed by atoms with Crippen LogP contribution in [0.1, 0.15) is 5.69 Å². The standard InChI is InChI=1S/C11H8Br2ClN3/c1-6-4-10(17-11(14)15-6)16-9-3-2-7(12)5-8(9)13/h2-5H,1H3,(H,15,16,17). The quantitative estimate of drug-likeness (QED) is 0.771. The fourth-order valence-electron chi connectivity index (χ4n) is 1.33. The predicted octanol–water partition coefficient (Wildman–Crippen LogP) is 4.71. The van der Waals surface area contributed by atoms with Crippen molar-refractivity contribution in [3.8, 4) is 0 Å². The van der Waals surface area contributed by atoms with Crippen molar-refractivity contribution in [1.29, 1.82) is 0 Å². The van der Waals surface area contributed by atoms with Crippen LogP contribution < -0.4 is 5.32 Å². The van der Waals surface area contributed by atoms with E-state index in [4.69, 9.17) is 11.6 Å². The van der Waals surface area contributed by atoms with Crippen LogP contribution in [0.15, 0.2) is 33.2 Å². The molecule has 6 heteroatoms. The molecular weight excluding hydrogens is 369 g/mol. The molecule has 0 aliphatic rings. The highest BCUT2D eigenvalue weighted by atomic mass is 79.9. The molecule has 2 aromatic rings. The Kier molecular flexibility index (Phi) is 4.01. The average Bonchev–Trinajstić information content (AvgIpc) is 2.21. The molecule has 2 rings (SSSR count). The van der Waals surface area contributed by atoms with Gasteiger partial charge in [-0.25, -0.2) is 9.97 Å². The molecule has 17 heavy (non-hydrogen) atoms. The lowest BCUT2D eigenvalue weighted by Gasteiger charge is -2.08. The van der Waals surface area contributed by atoms with Gasteiger partial charge in [0.1, 0.15) is 5.82 Å². The molecule has 0 radical (unpaired) electrons. The number of benzene rings is 1. The van der Waals surface area contributed by atoms with Gasteiger partial charge in [0.2, 0.25) is 5.28 Å². The first-order chi connectivity index (χ1) is 8.04. The summed E-state index contributed by atoms with van der Waals surface area (Å²) in [7, 11) is 0. The lowest BCUT2D eigenvalue weighted by Crippen LogP contribution is -1.97. The molecule has 0 aliphatic heterocycles. The van der Waals surface area contributed by atoms with Gasteiger partial charge in [0.05, 0.1) is 5.69 Å². The molecule has 0 spiro atoms. The molecule has 0 amide bonds. The molecule has 1 aromatic heterocycles. The predicted molar refractivity (Wildman–Crippen MR) is 76.9 cm³/mol. The molecule has 0 aliphatic carbocycles. The molecular formula is C11H8Br2ClN3. The molecule has 1 heterocycles. The highest BCUT2D eigenvalue weighted by molar-refractivity contribution is 9.11. The van der Waals surface area contributed by atoms with Crippen LogP contribution in [0, 0.1) is 6.92 Å². The number of halogens is 3. The first-order valence-electron chi connectivity index (χ1n) is 4.78. The van der Waals surface area contributed by atoms with E-state index in [9.17, 15) is 0 Å². The molecule has 0 atom stereocenters. The summed E-state index contributed by atoms with van der Waals surface area (Å²) in [6, 6.07) is 7.68. The van der Waals surface area contributed by atoms with Crippen LogP contribution in [0.5, 0.6) is 0 Å². The summed E-state index contributed by atoms with van der Waals surface area (Å²) >= 11 is 12.7. The van der Waals surface area contributed by atoms with E-state index in [0.717, 1.165) is 20.3 Å². The van der Waals surface area contributed by atoms with Crippen LogP contribution in [0.2, 0.25) is 5.28 Å². The number of aryl methyl sites for hydroxylation is 1. The van der Waals surface area contributed by atoms with Gasteiger partial charge in [-0.15, -0.1) is 0 Å². The molecule has 1 aromatic carbocycles. The Hall–Kier alpha value is -0.650. The Bertz CT molecular complexity index is 540. The SMILES string of the molecule is Cc1cc(Nc2ccc(Br)cc2Br)nc(Cl)n1. The van der Waals surface area contributed by atoms with Crippen LogP contribution in [0.3, 0.4) is 0 Å². The van der Waals surface area contributed by atoms with Crippen LogP contribution in [-0.2, 0) is 0 Å². The second-order valence-electron chi connectivity index (χ2n) is 3.41. The molecule has 0 unspecified atom stereocenters. The first kappa shape index (κ1) is 12.8. The molecule has 3 nitrogen and oxygen atoms in total. The summed E-state index contributed by atoms with van der Waals surface area (Å²) in [5.74, 6) is 0.672. The van der Waals surface area contributed by atoms with Crippen LogP contribution in [0.4, 0.5) is 11.5 Å². The van der Waals surface area contributed by atoms with E-state index in [1.807, 2.05) is 31.2 Å². The zero-order chi connectivity index (χ0) is 12.4. The van der Waals surface area contributed by atoms with Crippen molar-refractivity contribution >= 4 is 55.0 Å². The van der Waals surface area contributed by atoms with E-state index < -0.39 is 0 Å². The van der Waals surface area contributed by atoms with E-state index in [-0.39, 0.29) is 5.28 Å². The van der Waals surface area contributed by atoms with E-state index in [0.29, 0.717) is 5.82 Å². The molecule has 1 N–H and O–H groups in total. The minimum absolute atomic E-state index is 0.237. The summed E-state index contributed by atoms with van der Waals surface area (Å²) < 4.78 is 1.95. The Morgan fingerprint density at radius 3 is 2.59 bits per heavy atom. The van der Waals surface area contributed by atoms with Gasteiger partial charge in [-0.1, -0.05) is 15.9 Å². The maximum atomic E-state index is 5.80. The van der Waals surface area contributed by atoms with Gasteiger partial charge in [0.15, 0.2) is 0 Å². The van der Waals surface area contributed by atoms with Crippen molar-refractivity contribution in [1.82, 2.24) is 9.97 Å². The van der Waals surface area contributed by atoms with Crippen molar-refractivity contribution in [2.24, 2.45) is 0 Å². The van der Waals surface area contributed by atoms with Gasteiger partial charge >= 0.3 is 0 Å². The minimum atomic E-state index is 0.237. The van der Waals surface area contributed by atoms with Gasteiger partial charge in [-0.05, 0) is 52.7 Å². The Morgan fingerprint density at radius 1 is 1.18 bits per heavy atom. The second-order valence-corrected chi connectivity index (χ2v) is 5.52. The molecule has 88 valence electrons. The van der Waals surface area contributed by atoms with Gasteiger partial charge in [0.25, 0.3) is 0 Å². The number of hydrogen-bond donors (Lipinski definition) is 1. The van der Waals surface area contributed by atoms with Gasteiger partial charge in [0, 0.05) is 20.7 Å². The van der Waals surface area contributed by atoms with Crippen molar-refractivity contribution in [3.63, 3.8) is 0 Å². The third-order valence-electron chi connectivity index (χ3n) is 2.02. The zero-order valence-electron chi connectivity index (χ0n) is 8.84. The number of nitrogens with one attached hydrogen (secondary N) is 1. The van der Waals surface area contributed by atoms with Crippen LogP contribution in [-0.4, -0.2) is 9.97 Å². The largest absolute Gasteiger partial charge is 0.339 e. The fourth-order valence-corrected chi connectivity index (χ4v) is 2.70. The van der Waals surface area contributed by atoms with Crippen molar-refractivity contribution in [2.75, 3.05) is 5.32 Å². The molecule has 0 saturated heterocycles. The maximum Gasteiger partial charge on any atom is 0.224 e. The summed E-state index contributed by atoms with van der Waals surface area (Å²) in [5.41, 5.74) is 1.74. The Morgan fingerprint density at radius 2 is 1.94 bits per heavy atom. The smallest absolute Gasteiger partial charge is 0.224 e. The number of aromatic nitrogens is 2. The van der Waals surface area contributed by atoms with Crippen molar-refractivity contribution < 1.29 is 0 Å². The maximum absolute atomic E-state index is 5.80. The van der Waals surface area contributed by atoms with Crippen LogP contribution in [0.25, 0.3) is 0 Å². The van der Waals surface area contributed by atoms with Crippen LogP contribution >= 0.6 is 43.5 Å². The average molecular weight is 377 g/mol. The minimum Gasteiger partial charge on any atom is -0.339 e. The van der Waals surface area contributed by atoms with Gasteiger partial charge in [-0.2, -0.15) is 0 Å². The number of nitrogens with zero attached hydrogens (tertiary/aromatic N) is 2. The van der Waals surface area contributed by atoms with E-state index in [1.165, 1.54) is 0 Å². The Labute approximate surface area is 121 Å². The molecule has 0 bridgehead atoms. The molecule has 0 fully saturated rings. The number of hydrogen-bond acceptors (Lipinski definition) is 3. The summed E-state index contributed by atoms with van der Waals surface area (Å²) in [6.45, 7) is 1.87. The Balaban J connectivity index is 2.31. The third kappa shape index (κ3) is 3.40. The van der Waals surface area contributed by atoms with E-state index >= 15 is 0 Å². The fraction of sp³-hybridized carbons (Fsp3) is 0.0909. The molecule has 0 saturated carbocycles. The number of anilines is 2. The summed E-state index contributed by atoms with van der Waals surface area (Å²) in [4.78, 5) is 8.11. The first-order valence-corrected chi connectivity index (χ1v) is 6.74. The highest BCUT2D eigenvalue weighted by Gasteiger charge is 2.04. The topological polar surface area (TPSA) is 37.8 Å². The lowest BCUT2D eigenvalue weighted by atomic mass is 10.3. The lowest BCUT2D eigenvalue weighted by molar-refractivity contribution is 1.10. The number of rotatable bonds is 2. The van der Waals surface area contributed by atoms with Gasteiger partial charge in [-0.3, -0.25) is 0 Å². The zero-order valence-corrected chi connectivity index (χ0v) is 12.8. The highest BCUT2D eigenvalue weighted by Crippen LogP contribution is 2.28. The van der Waals surface area contributed by atoms with Gasteiger partial charge < -0.3 is 5.32 Å². The van der Waals surface area contributed by atoms with Crippen molar-refractivity contribution in [2.45, 2.75) is 6.92 Å². The van der Waals surface area contributed by atoms with E-state index in [2.05, 4.69) is 47.1 Å². The summed E-state index contributed by atoms with van der Waals surface area (Å²) in [5, 5.41) is 3.41. The van der Waals surface area contributed by atoms with Crippen molar-refractivity contribution in [3.05, 3.63) is 44.2 Å². The third-order valence-corrected chi connectivity index (χ3v) is 3.34. The monoisotopic (exact) mass is 375 g/mol. The summed E-state index contributed by atoms with van der Waals surface area (Å²) in [6.07, 6.45) is 0. The second kappa shape index (κ2) is 5.33.